The van der Waals surface area contributed by atoms with Gasteiger partial charge in [0.2, 0.25) is 0 Å². The van der Waals surface area contributed by atoms with E-state index in [0.717, 1.165) is 29.3 Å². The second-order valence-corrected chi connectivity index (χ2v) is 6.71. The van der Waals surface area contributed by atoms with Gasteiger partial charge in [-0.2, -0.15) is 0 Å². The van der Waals surface area contributed by atoms with E-state index in [1.165, 1.54) is 5.56 Å². The minimum absolute atomic E-state index is 0.167. The summed E-state index contributed by atoms with van der Waals surface area (Å²) < 4.78 is 5.95. The Kier molecular flexibility index (Phi) is 6.35. The summed E-state index contributed by atoms with van der Waals surface area (Å²) in [6.45, 7) is 14.5. The Morgan fingerprint density at radius 2 is 1.95 bits per heavy atom. The third kappa shape index (κ3) is 4.99. The van der Waals surface area contributed by atoms with Crippen LogP contribution in [0.2, 0.25) is 5.02 Å². The van der Waals surface area contributed by atoms with Gasteiger partial charge in [-0.05, 0) is 56.4 Å². The van der Waals surface area contributed by atoms with Crippen LogP contribution in [0.3, 0.4) is 0 Å². The van der Waals surface area contributed by atoms with Crippen molar-refractivity contribution in [3.63, 3.8) is 0 Å². The highest BCUT2D eigenvalue weighted by Gasteiger charge is 2.14. The highest BCUT2D eigenvalue weighted by Crippen LogP contribution is 2.31. The van der Waals surface area contributed by atoms with Gasteiger partial charge < -0.3 is 10.1 Å². The smallest absolute Gasteiger partial charge is 0.123 e. The topological polar surface area (TPSA) is 21.3 Å². The fraction of sp³-hybridized carbons (Fsp3) is 0.647. The Morgan fingerprint density at radius 3 is 2.50 bits per heavy atom. The molecule has 0 spiro atoms. The van der Waals surface area contributed by atoms with Crippen LogP contribution in [0.5, 0.6) is 5.75 Å². The summed E-state index contributed by atoms with van der Waals surface area (Å²) >= 11 is 6.20. The number of nitrogens with one attached hydrogen (secondary N) is 1. The van der Waals surface area contributed by atoms with Gasteiger partial charge in [-0.25, -0.2) is 0 Å². The van der Waals surface area contributed by atoms with E-state index in [0.29, 0.717) is 12.5 Å². The monoisotopic (exact) mass is 297 g/mol. The maximum Gasteiger partial charge on any atom is 0.123 e. The molecule has 0 aliphatic carbocycles. The second kappa shape index (κ2) is 7.33. The first-order chi connectivity index (χ1) is 9.26. The number of hydrogen-bond acceptors (Lipinski definition) is 2. The van der Waals surface area contributed by atoms with Crippen molar-refractivity contribution < 1.29 is 4.74 Å². The van der Waals surface area contributed by atoms with Crippen molar-refractivity contribution in [2.24, 2.45) is 0 Å². The molecule has 1 N–H and O–H groups in total. The third-order valence-corrected chi connectivity index (χ3v) is 4.17. The Balaban J connectivity index is 2.66. The molecule has 0 saturated carbocycles. The molecule has 0 aliphatic heterocycles. The summed E-state index contributed by atoms with van der Waals surface area (Å²) in [6, 6.07) is 4.07. The number of ether oxygens (including phenoxy) is 1. The molecule has 114 valence electrons. The average Bonchev–Trinajstić information content (AvgIpc) is 2.38. The van der Waals surface area contributed by atoms with Crippen LogP contribution in [0.25, 0.3) is 0 Å². The molecular weight excluding hydrogens is 270 g/mol. The Hall–Kier alpha value is -0.730. The molecule has 1 rings (SSSR count). The van der Waals surface area contributed by atoms with Crippen LogP contribution in [0.1, 0.15) is 58.1 Å². The maximum absolute atomic E-state index is 6.20. The summed E-state index contributed by atoms with van der Waals surface area (Å²) in [5.74, 6) is 1.36. The van der Waals surface area contributed by atoms with Crippen molar-refractivity contribution >= 4 is 11.6 Å². The van der Waals surface area contributed by atoms with Crippen molar-refractivity contribution in [2.45, 2.75) is 59.4 Å². The minimum atomic E-state index is 0.167. The number of rotatable bonds is 7. The molecule has 1 aromatic carbocycles. The molecule has 0 unspecified atom stereocenters. The van der Waals surface area contributed by atoms with Crippen LogP contribution in [-0.2, 0) is 0 Å². The van der Waals surface area contributed by atoms with Crippen molar-refractivity contribution in [1.29, 1.82) is 0 Å². The predicted molar refractivity (Wildman–Crippen MR) is 88.1 cm³/mol. The molecule has 0 atom stereocenters. The lowest BCUT2D eigenvalue weighted by Gasteiger charge is -2.25. The van der Waals surface area contributed by atoms with Gasteiger partial charge in [0.25, 0.3) is 0 Å². The molecule has 0 aromatic heterocycles. The average molecular weight is 298 g/mol. The van der Waals surface area contributed by atoms with E-state index in [9.17, 15) is 0 Å². The largest absolute Gasteiger partial charge is 0.492 e. The first kappa shape index (κ1) is 17.3. The summed E-state index contributed by atoms with van der Waals surface area (Å²) in [4.78, 5) is 0. The van der Waals surface area contributed by atoms with Crippen molar-refractivity contribution in [1.82, 2.24) is 5.32 Å². The molecule has 1 aromatic rings. The summed E-state index contributed by atoms with van der Waals surface area (Å²) in [5.41, 5.74) is 2.41. The summed E-state index contributed by atoms with van der Waals surface area (Å²) in [6.07, 6.45) is 1.10. The highest BCUT2D eigenvalue weighted by molar-refractivity contribution is 6.31. The van der Waals surface area contributed by atoms with Gasteiger partial charge in [0, 0.05) is 17.1 Å². The van der Waals surface area contributed by atoms with E-state index >= 15 is 0 Å². The predicted octanol–water partition coefficient (Wildman–Crippen LogP) is 4.93. The third-order valence-electron chi connectivity index (χ3n) is 3.76. The van der Waals surface area contributed by atoms with E-state index in [1.807, 2.05) is 19.1 Å². The zero-order valence-corrected chi connectivity index (χ0v) is 14.4. The van der Waals surface area contributed by atoms with E-state index in [1.54, 1.807) is 0 Å². The standard InChI is InChI=1S/C17H28ClNO/c1-7-17(5,6)19-8-9-20-16-10-13(4)15(18)11-14(16)12(2)3/h10-12,19H,7-9H2,1-6H3. The fourth-order valence-corrected chi connectivity index (χ4v) is 2.09. The number of hydrogen-bond donors (Lipinski definition) is 1. The van der Waals surface area contributed by atoms with Crippen molar-refractivity contribution in [3.8, 4) is 5.75 Å². The molecule has 0 radical (unpaired) electrons. The quantitative estimate of drug-likeness (QED) is 0.721. The van der Waals surface area contributed by atoms with Gasteiger partial charge in [-0.3, -0.25) is 0 Å². The van der Waals surface area contributed by atoms with Gasteiger partial charge in [-0.15, -0.1) is 0 Å². The normalized spacial score (nSPS) is 12.0. The molecule has 0 fully saturated rings. The molecular formula is C17H28ClNO. The highest BCUT2D eigenvalue weighted by atomic mass is 35.5. The Morgan fingerprint density at radius 1 is 1.30 bits per heavy atom. The van der Waals surface area contributed by atoms with Gasteiger partial charge in [0.05, 0.1) is 0 Å². The molecule has 3 heteroatoms. The Bertz CT molecular complexity index is 441. The van der Waals surface area contributed by atoms with Crippen LogP contribution in [0, 0.1) is 6.92 Å². The molecule has 0 bridgehead atoms. The first-order valence-corrected chi connectivity index (χ1v) is 7.82. The van der Waals surface area contributed by atoms with E-state index < -0.39 is 0 Å². The lowest BCUT2D eigenvalue weighted by molar-refractivity contribution is 0.278. The van der Waals surface area contributed by atoms with E-state index in [-0.39, 0.29) is 5.54 Å². The van der Waals surface area contributed by atoms with Crippen LogP contribution in [0.4, 0.5) is 0 Å². The van der Waals surface area contributed by atoms with E-state index in [2.05, 4.69) is 39.9 Å². The van der Waals surface area contributed by atoms with Gasteiger partial charge >= 0.3 is 0 Å². The van der Waals surface area contributed by atoms with Crippen LogP contribution < -0.4 is 10.1 Å². The fourth-order valence-electron chi connectivity index (χ4n) is 1.92. The number of aryl methyl sites for hydroxylation is 1. The molecule has 0 amide bonds. The zero-order chi connectivity index (χ0) is 15.3. The van der Waals surface area contributed by atoms with Gasteiger partial charge in [0.15, 0.2) is 0 Å². The number of benzene rings is 1. The molecule has 0 aliphatic rings. The van der Waals surface area contributed by atoms with Gasteiger partial charge in [-0.1, -0.05) is 32.4 Å². The number of halogens is 1. The molecule has 20 heavy (non-hydrogen) atoms. The molecule has 2 nitrogen and oxygen atoms in total. The van der Waals surface area contributed by atoms with E-state index in [4.69, 9.17) is 16.3 Å². The summed E-state index contributed by atoms with van der Waals surface area (Å²) in [5, 5.41) is 4.31. The molecule has 0 saturated heterocycles. The van der Waals surface area contributed by atoms with Crippen molar-refractivity contribution in [3.05, 3.63) is 28.3 Å². The van der Waals surface area contributed by atoms with Crippen LogP contribution >= 0.6 is 11.6 Å². The van der Waals surface area contributed by atoms with Gasteiger partial charge in [0.1, 0.15) is 12.4 Å². The SMILES string of the molecule is CCC(C)(C)NCCOc1cc(C)c(Cl)cc1C(C)C. The van der Waals surface area contributed by atoms with Crippen LogP contribution in [0.15, 0.2) is 12.1 Å². The molecule has 0 heterocycles. The summed E-state index contributed by atoms with van der Waals surface area (Å²) in [7, 11) is 0. The van der Waals surface area contributed by atoms with Crippen molar-refractivity contribution in [2.75, 3.05) is 13.2 Å². The zero-order valence-electron chi connectivity index (χ0n) is 13.6. The second-order valence-electron chi connectivity index (χ2n) is 6.31. The van der Waals surface area contributed by atoms with Crippen LogP contribution in [-0.4, -0.2) is 18.7 Å². The first-order valence-electron chi connectivity index (χ1n) is 7.44. The lowest BCUT2D eigenvalue weighted by Crippen LogP contribution is -2.40. The lowest BCUT2D eigenvalue weighted by atomic mass is 10.0. The minimum Gasteiger partial charge on any atom is -0.492 e. The maximum atomic E-state index is 6.20. The Labute approximate surface area is 128 Å².